The van der Waals surface area contributed by atoms with Crippen LogP contribution in [-0.2, 0) is 10.3 Å². The lowest BCUT2D eigenvalue weighted by Gasteiger charge is -2.31. The van der Waals surface area contributed by atoms with Crippen LogP contribution < -0.4 is 10.6 Å². The number of benzene rings is 1. The van der Waals surface area contributed by atoms with Crippen molar-refractivity contribution in [1.29, 1.82) is 0 Å². The van der Waals surface area contributed by atoms with Crippen LogP contribution in [0.2, 0.25) is 0 Å². The molecular formula is C18H25FN2O. The van der Waals surface area contributed by atoms with E-state index in [1.807, 2.05) is 19.9 Å². The number of carbonyl (C=O) groups excluding carboxylic acids is 1. The molecule has 22 heavy (non-hydrogen) atoms. The molecule has 2 aliphatic heterocycles. The number of amides is 1. The zero-order valence-corrected chi connectivity index (χ0v) is 13.4. The average molecular weight is 304 g/mol. The molecule has 120 valence electrons. The molecule has 0 aromatic heterocycles. The van der Waals surface area contributed by atoms with Crippen molar-refractivity contribution in [2.75, 3.05) is 0 Å². The van der Waals surface area contributed by atoms with Gasteiger partial charge in [0.25, 0.3) is 0 Å². The first-order chi connectivity index (χ1) is 10.4. The summed E-state index contributed by atoms with van der Waals surface area (Å²) in [6, 6.07) is 7.66. The van der Waals surface area contributed by atoms with E-state index in [1.54, 1.807) is 6.07 Å². The highest BCUT2D eigenvalue weighted by atomic mass is 19.1. The molecule has 0 radical (unpaired) electrons. The summed E-state index contributed by atoms with van der Waals surface area (Å²) in [6.07, 6.45) is 5.27. The van der Waals surface area contributed by atoms with Gasteiger partial charge >= 0.3 is 0 Å². The summed E-state index contributed by atoms with van der Waals surface area (Å²) in [5, 5.41) is 6.67. The molecule has 2 N–H and O–H groups in total. The Morgan fingerprint density at radius 1 is 1.32 bits per heavy atom. The van der Waals surface area contributed by atoms with Gasteiger partial charge in [-0.3, -0.25) is 4.79 Å². The minimum absolute atomic E-state index is 0.0700. The smallest absolute Gasteiger partial charge is 0.220 e. The molecule has 1 amide bonds. The first-order valence-electron chi connectivity index (χ1n) is 8.25. The fourth-order valence-electron chi connectivity index (χ4n) is 3.95. The number of hydrogen-bond donors (Lipinski definition) is 2. The summed E-state index contributed by atoms with van der Waals surface area (Å²) in [5.74, 6) is 0.275. The third-order valence-corrected chi connectivity index (χ3v) is 5.04. The molecule has 0 spiro atoms. The van der Waals surface area contributed by atoms with E-state index < -0.39 is 5.54 Å². The van der Waals surface area contributed by atoms with Crippen molar-refractivity contribution in [3.63, 3.8) is 0 Å². The Hall–Kier alpha value is -1.42. The number of piperidine rings is 1. The largest absolute Gasteiger partial charge is 0.347 e. The number of hydrogen-bond acceptors (Lipinski definition) is 2. The maximum absolute atomic E-state index is 13.4. The molecule has 2 bridgehead atoms. The van der Waals surface area contributed by atoms with E-state index in [2.05, 4.69) is 10.6 Å². The molecule has 3 nitrogen and oxygen atoms in total. The Morgan fingerprint density at radius 2 is 2.00 bits per heavy atom. The SMILES string of the molecule is CC(C)(NC(=O)CC1CC2CCC(C1)N2)c1cccc(F)c1. The summed E-state index contributed by atoms with van der Waals surface area (Å²) >= 11 is 0. The van der Waals surface area contributed by atoms with E-state index in [4.69, 9.17) is 0 Å². The van der Waals surface area contributed by atoms with Gasteiger partial charge in [-0.1, -0.05) is 12.1 Å². The third-order valence-electron chi connectivity index (χ3n) is 5.04. The summed E-state index contributed by atoms with van der Waals surface area (Å²) in [4.78, 5) is 12.4. The van der Waals surface area contributed by atoms with Crippen LogP contribution in [0.1, 0.15) is 51.5 Å². The van der Waals surface area contributed by atoms with Crippen LogP contribution in [0.25, 0.3) is 0 Å². The highest BCUT2D eigenvalue weighted by Crippen LogP contribution is 2.33. The van der Waals surface area contributed by atoms with Crippen LogP contribution in [0, 0.1) is 11.7 Å². The molecule has 4 heteroatoms. The Labute approximate surface area is 131 Å². The molecule has 2 fully saturated rings. The lowest BCUT2D eigenvalue weighted by molar-refractivity contribution is -0.124. The lowest BCUT2D eigenvalue weighted by atomic mass is 9.88. The van der Waals surface area contributed by atoms with E-state index in [0.717, 1.165) is 18.4 Å². The molecule has 0 aliphatic carbocycles. The molecule has 3 rings (SSSR count). The van der Waals surface area contributed by atoms with E-state index >= 15 is 0 Å². The predicted octanol–water partition coefficient (Wildman–Crippen LogP) is 3.10. The van der Waals surface area contributed by atoms with Gasteiger partial charge in [-0.15, -0.1) is 0 Å². The van der Waals surface area contributed by atoms with Crippen molar-refractivity contribution < 1.29 is 9.18 Å². The van der Waals surface area contributed by atoms with Gasteiger partial charge in [0.05, 0.1) is 5.54 Å². The number of carbonyl (C=O) groups is 1. The molecular weight excluding hydrogens is 279 g/mol. The standard InChI is InChI=1S/C18H25FN2O/c1-18(2,13-4-3-5-14(19)11-13)21-17(22)10-12-8-15-6-7-16(9-12)20-15/h3-5,11-12,15-16,20H,6-10H2,1-2H3,(H,21,22). The monoisotopic (exact) mass is 304 g/mol. The highest BCUT2D eigenvalue weighted by molar-refractivity contribution is 5.77. The quantitative estimate of drug-likeness (QED) is 0.897. The van der Waals surface area contributed by atoms with Crippen molar-refractivity contribution in [2.24, 2.45) is 5.92 Å². The fraction of sp³-hybridized carbons (Fsp3) is 0.611. The topological polar surface area (TPSA) is 41.1 Å². The molecule has 2 heterocycles. The zero-order chi connectivity index (χ0) is 15.7. The Bertz CT molecular complexity index is 546. The molecule has 2 atom stereocenters. The van der Waals surface area contributed by atoms with Gasteiger partial charge in [0.2, 0.25) is 5.91 Å². The van der Waals surface area contributed by atoms with Crippen LogP contribution in [0.5, 0.6) is 0 Å². The minimum atomic E-state index is -0.551. The van der Waals surface area contributed by atoms with Crippen LogP contribution in [0.3, 0.4) is 0 Å². The molecule has 2 aliphatic rings. The summed E-state index contributed by atoms with van der Waals surface area (Å²) in [5.41, 5.74) is 0.247. The van der Waals surface area contributed by atoms with Gasteiger partial charge in [0, 0.05) is 18.5 Å². The van der Waals surface area contributed by atoms with Crippen molar-refractivity contribution in [2.45, 2.75) is 63.6 Å². The fourth-order valence-corrected chi connectivity index (χ4v) is 3.95. The summed E-state index contributed by atoms with van der Waals surface area (Å²) in [6.45, 7) is 3.84. The van der Waals surface area contributed by atoms with Crippen molar-refractivity contribution in [3.05, 3.63) is 35.6 Å². The summed E-state index contributed by atoms with van der Waals surface area (Å²) < 4.78 is 13.4. The second-order valence-corrected chi connectivity index (χ2v) is 7.36. The van der Waals surface area contributed by atoms with Gasteiger partial charge < -0.3 is 10.6 Å². The zero-order valence-electron chi connectivity index (χ0n) is 13.4. The second-order valence-electron chi connectivity index (χ2n) is 7.36. The van der Waals surface area contributed by atoms with Crippen molar-refractivity contribution in [3.8, 4) is 0 Å². The Balaban J connectivity index is 1.59. The number of halogens is 1. The van der Waals surface area contributed by atoms with E-state index in [-0.39, 0.29) is 11.7 Å². The first kappa shape index (κ1) is 15.5. The minimum Gasteiger partial charge on any atom is -0.347 e. The predicted molar refractivity (Wildman–Crippen MR) is 84.9 cm³/mol. The first-order valence-corrected chi connectivity index (χ1v) is 8.25. The molecule has 2 saturated heterocycles. The maximum atomic E-state index is 13.4. The summed E-state index contributed by atoms with van der Waals surface area (Å²) in [7, 11) is 0. The normalized spacial score (nSPS) is 27.7. The molecule has 1 aromatic carbocycles. The highest BCUT2D eigenvalue weighted by Gasteiger charge is 2.34. The van der Waals surface area contributed by atoms with E-state index in [1.165, 1.54) is 25.0 Å². The van der Waals surface area contributed by atoms with Crippen molar-refractivity contribution in [1.82, 2.24) is 10.6 Å². The average Bonchev–Trinajstić information content (AvgIpc) is 2.77. The lowest BCUT2D eigenvalue weighted by Crippen LogP contribution is -2.44. The van der Waals surface area contributed by atoms with Crippen LogP contribution in [0.4, 0.5) is 4.39 Å². The number of rotatable bonds is 4. The molecule has 2 unspecified atom stereocenters. The number of fused-ring (bicyclic) bond motifs is 2. The molecule has 0 saturated carbocycles. The van der Waals surface area contributed by atoms with Gasteiger partial charge in [0.15, 0.2) is 0 Å². The van der Waals surface area contributed by atoms with Gasteiger partial charge in [-0.25, -0.2) is 4.39 Å². The van der Waals surface area contributed by atoms with Crippen LogP contribution in [0.15, 0.2) is 24.3 Å². The van der Waals surface area contributed by atoms with Gasteiger partial charge in [0.1, 0.15) is 5.82 Å². The Kier molecular flexibility index (Phi) is 4.22. The van der Waals surface area contributed by atoms with E-state index in [9.17, 15) is 9.18 Å². The molecule has 1 aromatic rings. The maximum Gasteiger partial charge on any atom is 0.220 e. The van der Waals surface area contributed by atoms with Gasteiger partial charge in [-0.2, -0.15) is 0 Å². The Morgan fingerprint density at radius 3 is 2.64 bits per heavy atom. The third kappa shape index (κ3) is 3.49. The van der Waals surface area contributed by atoms with E-state index in [0.29, 0.717) is 24.4 Å². The second kappa shape index (κ2) is 5.99. The van der Waals surface area contributed by atoms with Gasteiger partial charge in [-0.05, 0) is 63.1 Å². The van der Waals surface area contributed by atoms with Crippen LogP contribution >= 0.6 is 0 Å². The van der Waals surface area contributed by atoms with Crippen LogP contribution in [-0.4, -0.2) is 18.0 Å². The number of nitrogens with one attached hydrogen (secondary N) is 2. The van der Waals surface area contributed by atoms with Crippen molar-refractivity contribution >= 4 is 5.91 Å².